The van der Waals surface area contributed by atoms with Gasteiger partial charge in [-0.25, -0.2) is 4.98 Å². The molecule has 1 aromatic heterocycles. The Balaban J connectivity index is 1.29. The molecule has 2 aromatic carbocycles. The number of carbonyl (C=O) groups excluding carboxylic acids is 1. The van der Waals surface area contributed by atoms with Crippen LogP contribution in [0.15, 0.2) is 36.4 Å². The maximum Gasteiger partial charge on any atom is 0.251 e. The SMILES string of the molecule is COc1ccc(C(=O)NCCN2CCN(c3nc4c(OC)ccc(OC)c4s3)CC2)cc1. The van der Waals surface area contributed by atoms with Gasteiger partial charge in [-0.15, -0.1) is 0 Å². The molecule has 0 bridgehead atoms. The largest absolute Gasteiger partial charge is 0.497 e. The van der Waals surface area contributed by atoms with E-state index in [0.717, 1.165) is 65.3 Å². The zero-order valence-electron chi connectivity index (χ0n) is 18.6. The Morgan fingerprint density at radius 1 is 0.969 bits per heavy atom. The predicted octanol–water partition coefficient (Wildman–Crippen LogP) is 2.87. The second-order valence-corrected chi connectivity index (χ2v) is 8.43. The van der Waals surface area contributed by atoms with Crippen molar-refractivity contribution in [3.05, 3.63) is 42.0 Å². The molecule has 1 aliphatic rings. The zero-order chi connectivity index (χ0) is 22.5. The third-order valence-corrected chi connectivity index (χ3v) is 6.74. The first-order valence-electron chi connectivity index (χ1n) is 10.5. The van der Waals surface area contributed by atoms with E-state index in [1.165, 1.54) is 0 Å². The summed E-state index contributed by atoms with van der Waals surface area (Å²) in [7, 11) is 4.94. The average molecular weight is 457 g/mol. The summed E-state index contributed by atoms with van der Waals surface area (Å²) in [5.74, 6) is 2.25. The van der Waals surface area contributed by atoms with Crippen LogP contribution >= 0.6 is 11.3 Å². The highest BCUT2D eigenvalue weighted by atomic mass is 32.1. The third kappa shape index (κ3) is 4.73. The summed E-state index contributed by atoms with van der Waals surface area (Å²) in [6, 6.07) is 10.9. The van der Waals surface area contributed by atoms with E-state index < -0.39 is 0 Å². The monoisotopic (exact) mass is 456 g/mol. The number of nitrogens with one attached hydrogen (secondary N) is 1. The average Bonchev–Trinajstić information content (AvgIpc) is 3.29. The smallest absolute Gasteiger partial charge is 0.251 e. The van der Waals surface area contributed by atoms with Crippen LogP contribution in [-0.4, -0.2) is 76.4 Å². The molecule has 3 aromatic rings. The summed E-state index contributed by atoms with van der Waals surface area (Å²) >= 11 is 1.63. The summed E-state index contributed by atoms with van der Waals surface area (Å²) in [5.41, 5.74) is 1.48. The minimum absolute atomic E-state index is 0.0661. The van der Waals surface area contributed by atoms with Crippen molar-refractivity contribution >= 4 is 32.6 Å². The molecule has 0 spiro atoms. The molecule has 2 heterocycles. The number of piperazine rings is 1. The lowest BCUT2D eigenvalue weighted by Crippen LogP contribution is -2.48. The molecule has 8 nitrogen and oxygen atoms in total. The number of ether oxygens (including phenoxy) is 3. The number of thiazole rings is 1. The molecular weight excluding hydrogens is 428 g/mol. The second-order valence-electron chi connectivity index (χ2n) is 7.46. The van der Waals surface area contributed by atoms with Crippen LogP contribution in [-0.2, 0) is 0 Å². The van der Waals surface area contributed by atoms with Crippen LogP contribution in [0.25, 0.3) is 10.2 Å². The third-order valence-electron chi connectivity index (χ3n) is 5.61. The van der Waals surface area contributed by atoms with Crippen LogP contribution in [0.5, 0.6) is 17.2 Å². The molecule has 1 N–H and O–H groups in total. The van der Waals surface area contributed by atoms with Crippen molar-refractivity contribution in [3.8, 4) is 17.2 Å². The number of anilines is 1. The molecule has 1 aliphatic heterocycles. The highest BCUT2D eigenvalue weighted by Crippen LogP contribution is 2.40. The second kappa shape index (κ2) is 10.1. The Labute approximate surface area is 191 Å². The van der Waals surface area contributed by atoms with Crippen molar-refractivity contribution in [2.45, 2.75) is 0 Å². The van der Waals surface area contributed by atoms with Gasteiger partial charge in [-0.05, 0) is 36.4 Å². The first kappa shape index (κ1) is 22.2. The van der Waals surface area contributed by atoms with Crippen LogP contribution in [0.4, 0.5) is 5.13 Å². The molecule has 0 unspecified atom stereocenters. The van der Waals surface area contributed by atoms with E-state index in [-0.39, 0.29) is 5.91 Å². The Hall–Kier alpha value is -3.04. The maximum absolute atomic E-state index is 12.3. The summed E-state index contributed by atoms with van der Waals surface area (Å²) < 4.78 is 17.1. The molecule has 1 amide bonds. The van der Waals surface area contributed by atoms with Gasteiger partial charge in [0.2, 0.25) is 0 Å². The normalized spacial score (nSPS) is 14.4. The minimum atomic E-state index is -0.0661. The van der Waals surface area contributed by atoms with Gasteiger partial charge in [0.25, 0.3) is 5.91 Å². The van der Waals surface area contributed by atoms with Gasteiger partial charge < -0.3 is 24.4 Å². The Bertz CT molecular complexity index is 1020. The predicted molar refractivity (Wildman–Crippen MR) is 127 cm³/mol. The van der Waals surface area contributed by atoms with E-state index in [2.05, 4.69) is 15.1 Å². The van der Waals surface area contributed by atoms with E-state index in [0.29, 0.717) is 12.1 Å². The molecule has 1 fully saturated rings. The van der Waals surface area contributed by atoms with Crippen LogP contribution in [0, 0.1) is 0 Å². The zero-order valence-corrected chi connectivity index (χ0v) is 19.4. The number of hydrogen-bond donors (Lipinski definition) is 1. The van der Waals surface area contributed by atoms with Crippen molar-refractivity contribution in [1.29, 1.82) is 0 Å². The highest BCUT2D eigenvalue weighted by Gasteiger charge is 2.22. The maximum atomic E-state index is 12.3. The summed E-state index contributed by atoms with van der Waals surface area (Å²) in [4.78, 5) is 21.8. The summed E-state index contributed by atoms with van der Waals surface area (Å²) in [6.07, 6.45) is 0. The number of hydrogen-bond acceptors (Lipinski definition) is 8. The molecule has 9 heteroatoms. The van der Waals surface area contributed by atoms with E-state index in [4.69, 9.17) is 19.2 Å². The summed E-state index contributed by atoms with van der Waals surface area (Å²) in [5, 5.41) is 3.98. The van der Waals surface area contributed by atoms with Gasteiger partial charge in [0, 0.05) is 44.8 Å². The standard InChI is InChI=1S/C23H28N4O4S/c1-29-17-6-4-16(5-7-17)22(28)24-10-11-26-12-14-27(15-13-26)23-25-20-18(30-2)8-9-19(31-3)21(20)32-23/h4-9H,10-15H2,1-3H3,(H,24,28). The van der Waals surface area contributed by atoms with Gasteiger partial charge in [-0.2, -0.15) is 0 Å². The van der Waals surface area contributed by atoms with E-state index in [1.54, 1.807) is 56.9 Å². The van der Waals surface area contributed by atoms with Crippen molar-refractivity contribution in [1.82, 2.24) is 15.2 Å². The Kier molecular flexibility index (Phi) is 6.96. The number of benzene rings is 2. The van der Waals surface area contributed by atoms with Crippen molar-refractivity contribution < 1.29 is 19.0 Å². The Morgan fingerprint density at radius 3 is 2.31 bits per heavy atom. The van der Waals surface area contributed by atoms with Gasteiger partial charge in [0.1, 0.15) is 27.5 Å². The number of aromatic nitrogens is 1. The molecule has 4 rings (SSSR count). The number of rotatable bonds is 8. The molecule has 0 aliphatic carbocycles. The minimum Gasteiger partial charge on any atom is -0.497 e. The lowest BCUT2D eigenvalue weighted by Gasteiger charge is -2.34. The van der Waals surface area contributed by atoms with Crippen LogP contribution < -0.4 is 24.4 Å². The number of carbonyl (C=O) groups is 1. The fourth-order valence-electron chi connectivity index (χ4n) is 3.74. The first-order chi connectivity index (χ1) is 15.6. The molecule has 1 saturated heterocycles. The van der Waals surface area contributed by atoms with Crippen LogP contribution in [0.3, 0.4) is 0 Å². The number of methoxy groups -OCH3 is 3. The number of fused-ring (bicyclic) bond motifs is 1. The van der Waals surface area contributed by atoms with E-state index >= 15 is 0 Å². The lowest BCUT2D eigenvalue weighted by atomic mass is 10.2. The topological polar surface area (TPSA) is 76.2 Å². The van der Waals surface area contributed by atoms with Gasteiger partial charge in [0.15, 0.2) is 5.13 Å². The first-order valence-corrected chi connectivity index (χ1v) is 11.4. The van der Waals surface area contributed by atoms with E-state index in [1.807, 2.05) is 12.1 Å². The van der Waals surface area contributed by atoms with Crippen LogP contribution in [0.1, 0.15) is 10.4 Å². The molecular formula is C23H28N4O4S. The fraction of sp³-hybridized carbons (Fsp3) is 0.391. The van der Waals surface area contributed by atoms with Crippen molar-refractivity contribution in [2.24, 2.45) is 0 Å². The summed E-state index contributed by atoms with van der Waals surface area (Å²) in [6.45, 7) is 5.04. The Morgan fingerprint density at radius 2 is 1.66 bits per heavy atom. The van der Waals surface area contributed by atoms with Gasteiger partial charge in [-0.3, -0.25) is 9.69 Å². The quantitative estimate of drug-likeness (QED) is 0.559. The molecule has 170 valence electrons. The molecule has 32 heavy (non-hydrogen) atoms. The molecule has 0 saturated carbocycles. The molecule has 0 atom stereocenters. The van der Waals surface area contributed by atoms with Gasteiger partial charge in [-0.1, -0.05) is 11.3 Å². The lowest BCUT2D eigenvalue weighted by molar-refractivity contribution is 0.0947. The molecule has 0 radical (unpaired) electrons. The number of amides is 1. The number of nitrogens with zero attached hydrogens (tertiary/aromatic N) is 3. The van der Waals surface area contributed by atoms with Gasteiger partial charge in [0.05, 0.1) is 21.3 Å². The van der Waals surface area contributed by atoms with Crippen molar-refractivity contribution in [2.75, 3.05) is 65.5 Å². The van der Waals surface area contributed by atoms with Crippen molar-refractivity contribution in [3.63, 3.8) is 0 Å². The van der Waals surface area contributed by atoms with Gasteiger partial charge >= 0.3 is 0 Å². The van der Waals surface area contributed by atoms with Crippen LogP contribution in [0.2, 0.25) is 0 Å². The fourth-order valence-corrected chi connectivity index (χ4v) is 4.87. The highest BCUT2D eigenvalue weighted by molar-refractivity contribution is 7.22. The van der Waals surface area contributed by atoms with E-state index in [9.17, 15) is 4.79 Å².